The summed E-state index contributed by atoms with van der Waals surface area (Å²) in [5.74, 6) is 2.38. The van der Waals surface area contributed by atoms with Gasteiger partial charge in [0.05, 0.1) is 0 Å². The predicted octanol–water partition coefficient (Wildman–Crippen LogP) is 3.51. The number of carbonyl (C=O) groups is 1. The number of rotatable bonds is 6. The summed E-state index contributed by atoms with van der Waals surface area (Å²) in [6, 6.07) is 0.903. The molecule has 2 unspecified atom stereocenters. The molecule has 0 spiro atoms. The molecule has 0 radical (unpaired) electrons. The highest BCUT2D eigenvalue weighted by molar-refractivity contribution is 7.99. The molecule has 1 saturated heterocycles. The third-order valence-electron chi connectivity index (χ3n) is 3.49. The first-order valence-corrected chi connectivity index (χ1v) is 9.29. The molecule has 5 heteroatoms. The van der Waals surface area contributed by atoms with Crippen LogP contribution in [0.4, 0.5) is 4.79 Å². The lowest BCUT2D eigenvalue weighted by Crippen LogP contribution is -2.51. The molecular formula is C16H32N2O2S. The number of piperidine rings is 1. The van der Waals surface area contributed by atoms with E-state index in [2.05, 4.69) is 19.2 Å². The molecule has 1 aliphatic heterocycles. The SMILES string of the molecule is CCSCCC(C)NC1CCCN(C(=O)OC(C)(C)C)C1. The maximum Gasteiger partial charge on any atom is 0.410 e. The van der Waals surface area contributed by atoms with E-state index in [9.17, 15) is 4.79 Å². The molecule has 0 aromatic carbocycles. The van der Waals surface area contributed by atoms with Crippen LogP contribution in [0, 0.1) is 0 Å². The highest BCUT2D eigenvalue weighted by atomic mass is 32.2. The Bertz CT molecular complexity index is 318. The van der Waals surface area contributed by atoms with Gasteiger partial charge < -0.3 is 15.0 Å². The van der Waals surface area contributed by atoms with Gasteiger partial charge in [0.25, 0.3) is 0 Å². The van der Waals surface area contributed by atoms with Gasteiger partial charge in [-0.15, -0.1) is 0 Å². The molecule has 0 bridgehead atoms. The Labute approximate surface area is 134 Å². The van der Waals surface area contributed by atoms with Gasteiger partial charge in [0.1, 0.15) is 5.60 Å². The van der Waals surface area contributed by atoms with Gasteiger partial charge >= 0.3 is 6.09 Å². The van der Waals surface area contributed by atoms with Crippen LogP contribution in [0.15, 0.2) is 0 Å². The summed E-state index contributed by atoms with van der Waals surface area (Å²) < 4.78 is 5.47. The first kappa shape index (κ1) is 18.6. The molecular weight excluding hydrogens is 284 g/mol. The lowest BCUT2D eigenvalue weighted by Gasteiger charge is -2.35. The zero-order valence-corrected chi connectivity index (χ0v) is 15.1. The van der Waals surface area contributed by atoms with Crippen LogP contribution in [0.2, 0.25) is 0 Å². The normalized spacial score (nSPS) is 21.2. The number of thioether (sulfide) groups is 1. The predicted molar refractivity (Wildman–Crippen MR) is 91.0 cm³/mol. The monoisotopic (exact) mass is 316 g/mol. The molecule has 1 fully saturated rings. The van der Waals surface area contributed by atoms with Crippen LogP contribution in [0.5, 0.6) is 0 Å². The Morgan fingerprint density at radius 3 is 2.81 bits per heavy atom. The second-order valence-electron chi connectivity index (χ2n) is 6.82. The minimum absolute atomic E-state index is 0.178. The van der Waals surface area contributed by atoms with Gasteiger partial charge in [0.15, 0.2) is 0 Å². The van der Waals surface area contributed by atoms with Gasteiger partial charge in [-0.25, -0.2) is 4.79 Å². The maximum atomic E-state index is 12.1. The molecule has 0 aromatic rings. The number of nitrogens with one attached hydrogen (secondary N) is 1. The van der Waals surface area contributed by atoms with Crippen molar-refractivity contribution in [3.8, 4) is 0 Å². The topological polar surface area (TPSA) is 41.6 Å². The van der Waals surface area contributed by atoms with E-state index in [1.165, 1.54) is 17.9 Å². The highest BCUT2D eigenvalue weighted by Crippen LogP contribution is 2.16. The second kappa shape index (κ2) is 8.89. The van der Waals surface area contributed by atoms with Crippen molar-refractivity contribution < 1.29 is 9.53 Å². The Balaban J connectivity index is 2.36. The van der Waals surface area contributed by atoms with E-state index in [1.807, 2.05) is 37.4 Å². The fourth-order valence-corrected chi connectivity index (χ4v) is 3.30. The maximum absolute atomic E-state index is 12.1. The van der Waals surface area contributed by atoms with Crippen LogP contribution in [-0.4, -0.2) is 53.3 Å². The summed E-state index contributed by atoms with van der Waals surface area (Å²) in [7, 11) is 0. The molecule has 0 aromatic heterocycles. The summed E-state index contributed by atoms with van der Waals surface area (Å²) in [6.45, 7) is 11.8. The molecule has 124 valence electrons. The van der Waals surface area contributed by atoms with E-state index in [-0.39, 0.29) is 6.09 Å². The zero-order chi connectivity index (χ0) is 15.9. The van der Waals surface area contributed by atoms with Crippen molar-refractivity contribution in [1.82, 2.24) is 10.2 Å². The van der Waals surface area contributed by atoms with Crippen LogP contribution in [-0.2, 0) is 4.74 Å². The van der Waals surface area contributed by atoms with Crippen molar-refractivity contribution in [3.05, 3.63) is 0 Å². The lowest BCUT2D eigenvalue weighted by molar-refractivity contribution is 0.0184. The highest BCUT2D eigenvalue weighted by Gasteiger charge is 2.27. The summed E-state index contributed by atoms with van der Waals surface area (Å²) in [4.78, 5) is 14.0. The smallest absolute Gasteiger partial charge is 0.410 e. The van der Waals surface area contributed by atoms with Gasteiger partial charge in [0, 0.05) is 25.2 Å². The quantitative estimate of drug-likeness (QED) is 0.762. The first-order valence-electron chi connectivity index (χ1n) is 8.13. The standard InChI is InChI=1S/C16H32N2O2S/c1-6-21-11-9-13(2)17-14-8-7-10-18(12-14)15(19)20-16(3,4)5/h13-14,17H,6-12H2,1-5H3. The van der Waals surface area contributed by atoms with Crippen LogP contribution in [0.25, 0.3) is 0 Å². The Morgan fingerprint density at radius 1 is 1.48 bits per heavy atom. The number of hydrogen-bond acceptors (Lipinski definition) is 4. The van der Waals surface area contributed by atoms with Gasteiger partial charge in [-0.3, -0.25) is 0 Å². The third kappa shape index (κ3) is 7.96. The average Bonchev–Trinajstić information content (AvgIpc) is 2.37. The average molecular weight is 317 g/mol. The van der Waals surface area contributed by atoms with Crippen LogP contribution < -0.4 is 5.32 Å². The molecule has 0 aliphatic carbocycles. The summed E-state index contributed by atoms with van der Waals surface area (Å²) in [5, 5.41) is 3.66. The molecule has 1 rings (SSSR count). The van der Waals surface area contributed by atoms with E-state index < -0.39 is 5.60 Å². The van der Waals surface area contributed by atoms with Crippen molar-refractivity contribution in [2.45, 2.75) is 71.6 Å². The third-order valence-corrected chi connectivity index (χ3v) is 4.43. The summed E-state index contributed by atoms with van der Waals surface area (Å²) >= 11 is 1.99. The fraction of sp³-hybridized carbons (Fsp3) is 0.938. The van der Waals surface area contributed by atoms with E-state index in [1.54, 1.807) is 0 Å². The van der Waals surface area contributed by atoms with E-state index in [4.69, 9.17) is 4.74 Å². The summed E-state index contributed by atoms with van der Waals surface area (Å²) in [6.07, 6.45) is 3.20. The molecule has 0 saturated carbocycles. The van der Waals surface area contributed by atoms with Crippen LogP contribution in [0.1, 0.15) is 53.9 Å². The largest absolute Gasteiger partial charge is 0.444 e. The number of likely N-dealkylation sites (tertiary alicyclic amines) is 1. The van der Waals surface area contributed by atoms with Crippen molar-refractivity contribution in [2.24, 2.45) is 0 Å². The van der Waals surface area contributed by atoms with E-state index in [0.717, 1.165) is 25.9 Å². The second-order valence-corrected chi connectivity index (χ2v) is 8.21. The molecule has 2 atom stereocenters. The lowest BCUT2D eigenvalue weighted by atomic mass is 10.0. The van der Waals surface area contributed by atoms with E-state index in [0.29, 0.717) is 12.1 Å². The first-order chi connectivity index (χ1) is 9.81. The number of ether oxygens (including phenoxy) is 1. The number of nitrogens with zero attached hydrogens (tertiary/aromatic N) is 1. The van der Waals surface area contributed by atoms with Gasteiger partial charge in [-0.2, -0.15) is 11.8 Å². The van der Waals surface area contributed by atoms with Gasteiger partial charge in [-0.1, -0.05) is 6.92 Å². The molecule has 1 aliphatic rings. The Kier molecular flexibility index (Phi) is 7.88. The number of carbonyl (C=O) groups excluding carboxylic acids is 1. The Morgan fingerprint density at radius 2 is 2.19 bits per heavy atom. The van der Waals surface area contributed by atoms with Gasteiger partial charge in [0.2, 0.25) is 0 Å². The van der Waals surface area contributed by atoms with Gasteiger partial charge in [-0.05, 0) is 58.5 Å². The Hall–Kier alpha value is -0.420. The van der Waals surface area contributed by atoms with Crippen LogP contribution in [0.3, 0.4) is 0 Å². The van der Waals surface area contributed by atoms with Crippen molar-refractivity contribution in [1.29, 1.82) is 0 Å². The zero-order valence-electron chi connectivity index (χ0n) is 14.3. The molecule has 1 N–H and O–H groups in total. The molecule has 21 heavy (non-hydrogen) atoms. The van der Waals surface area contributed by atoms with E-state index >= 15 is 0 Å². The van der Waals surface area contributed by atoms with Crippen molar-refractivity contribution >= 4 is 17.9 Å². The summed E-state index contributed by atoms with van der Waals surface area (Å²) in [5.41, 5.74) is -0.415. The molecule has 1 amide bonds. The number of hydrogen-bond donors (Lipinski definition) is 1. The number of amides is 1. The fourth-order valence-electron chi connectivity index (χ4n) is 2.50. The van der Waals surface area contributed by atoms with Crippen LogP contribution >= 0.6 is 11.8 Å². The van der Waals surface area contributed by atoms with Crippen molar-refractivity contribution in [2.75, 3.05) is 24.6 Å². The minimum atomic E-state index is -0.415. The molecule has 1 heterocycles. The minimum Gasteiger partial charge on any atom is -0.444 e. The van der Waals surface area contributed by atoms with Crippen molar-refractivity contribution in [3.63, 3.8) is 0 Å². The molecule has 4 nitrogen and oxygen atoms in total.